The summed E-state index contributed by atoms with van der Waals surface area (Å²) in [7, 11) is 0. The number of nitrogens with zero attached hydrogens (tertiary/aromatic N) is 2. The van der Waals surface area contributed by atoms with Gasteiger partial charge in [-0.3, -0.25) is 4.79 Å². The Morgan fingerprint density at radius 1 is 1.25 bits per heavy atom. The van der Waals surface area contributed by atoms with E-state index in [1.807, 2.05) is 52.0 Å². The van der Waals surface area contributed by atoms with Crippen molar-refractivity contribution in [2.75, 3.05) is 6.61 Å². The summed E-state index contributed by atoms with van der Waals surface area (Å²) in [6.45, 7) is 12.8. The van der Waals surface area contributed by atoms with E-state index in [1.165, 1.54) is 0 Å². The Morgan fingerprint density at radius 2 is 1.86 bits per heavy atom. The Bertz CT molecular complexity index is 820. The molecule has 5 heteroatoms. The Kier molecular flexibility index (Phi) is 14.9. The Labute approximate surface area is 196 Å². The molecular formula is C23H33N2O2Y-. The summed E-state index contributed by atoms with van der Waals surface area (Å²) < 4.78 is 7.30. The van der Waals surface area contributed by atoms with Crippen LogP contribution < -0.4 is 10.3 Å². The zero-order chi connectivity index (χ0) is 19.7. The molecular weight excluding hydrogens is 425 g/mol. The molecule has 1 aromatic carbocycles. The molecule has 0 amide bonds. The molecule has 0 bridgehead atoms. The first-order valence-corrected chi connectivity index (χ1v) is 9.25. The number of aromatic nitrogens is 2. The first-order chi connectivity index (χ1) is 12.5. The van der Waals surface area contributed by atoms with Gasteiger partial charge in [0.25, 0.3) is 5.56 Å². The number of ether oxygens (including phenoxy) is 1. The number of hydrogen-bond donors (Lipinski definition) is 0. The van der Waals surface area contributed by atoms with Crippen LogP contribution in [0.15, 0.2) is 29.1 Å². The minimum Gasteiger partial charge on any atom is -0.478 e. The van der Waals surface area contributed by atoms with Crippen LogP contribution >= 0.6 is 0 Å². The summed E-state index contributed by atoms with van der Waals surface area (Å²) in [5, 5.41) is 4.51. The van der Waals surface area contributed by atoms with Crippen LogP contribution in [0.1, 0.15) is 45.9 Å². The number of rotatable bonds is 6. The van der Waals surface area contributed by atoms with Crippen molar-refractivity contribution in [3.63, 3.8) is 0 Å². The molecule has 0 fully saturated rings. The van der Waals surface area contributed by atoms with E-state index < -0.39 is 0 Å². The van der Waals surface area contributed by atoms with E-state index >= 15 is 0 Å². The fraction of sp³-hybridized carbons (Fsp3) is 0.435. The molecule has 0 saturated heterocycles. The van der Waals surface area contributed by atoms with E-state index in [0.717, 1.165) is 16.8 Å². The number of terminal acetylenes is 1. The van der Waals surface area contributed by atoms with Gasteiger partial charge < -0.3 is 12.2 Å². The van der Waals surface area contributed by atoms with Crippen LogP contribution in [0.2, 0.25) is 0 Å². The molecule has 28 heavy (non-hydrogen) atoms. The fourth-order valence-corrected chi connectivity index (χ4v) is 2.67. The zero-order valence-electron chi connectivity index (χ0n) is 18.4. The minimum absolute atomic E-state index is 0. The summed E-state index contributed by atoms with van der Waals surface area (Å²) in [5.41, 5.74) is 3.05. The second kappa shape index (κ2) is 14.5. The van der Waals surface area contributed by atoms with Crippen LogP contribution in [-0.4, -0.2) is 16.4 Å². The maximum atomic E-state index is 13.1. The van der Waals surface area contributed by atoms with Crippen molar-refractivity contribution in [1.29, 1.82) is 0 Å². The molecule has 4 nitrogen and oxygen atoms in total. The zero-order valence-corrected chi connectivity index (χ0v) is 21.2. The molecule has 0 N–H and O–H groups in total. The van der Waals surface area contributed by atoms with Crippen molar-refractivity contribution >= 4 is 0 Å². The molecule has 0 aliphatic rings. The average molecular weight is 458 g/mol. The minimum atomic E-state index is -0.137. The number of aryl methyl sites for hydroxylation is 2. The van der Waals surface area contributed by atoms with Gasteiger partial charge in [0.05, 0.1) is 5.56 Å². The smallest absolute Gasteiger partial charge is 0.278 e. The summed E-state index contributed by atoms with van der Waals surface area (Å²) in [4.78, 5) is 13.1. The van der Waals surface area contributed by atoms with Crippen molar-refractivity contribution in [1.82, 2.24) is 9.78 Å². The predicted octanol–water partition coefficient (Wildman–Crippen LogP) is 4.92. The number of benzene rings is 1. The van der Waals surface area contributed by atoms with Gasteiger partial charge in [0.1, 0.15) is 12.3 Å². The van der Waals surface area contributed by atoms with E-state index in [2.05, 4.69) is 24.9 Å². The van der Waals surface area contributed by atoms with Gasteiger partial charge in [-0.05, 0) is 30.4 Å². The third-order valence-electron chi connectivity index (χ3n) is 3.77. The molecule has 0 aliphatic heterocycles. The monoisotopic (exact) mass is 458 g/mol. The first kappa shape index (κ1) is 28.8. The van der Waals surface area contributed by atoms with Gasteiger partial charge in [0, 0.05) is 39.3 Å². The van der Waals surface area contributed by atoms with E-state index in [9.17, 15) is 4.79 Å². The van der Waals surface area contributed by atoms with Gasteiger partial charge in [-0.1, -0.05) is 64.8 Å². The van der Waals surface area contributed by atoms with Gasteiger partial charge in [0.2, 0.25) is 0 Å². The molecule has 0 atom stereocenters. The van der Waals surface area contributed by atoms with Gasteiger partial charge in [-0.15, -0.1) is 6.42 Å². The van der Waals surface area contributed by atoms with Gasteiger partial charge in [-0.2, -0.15) is 5.10 Å². The standard InChI is InChI=1S/C20H24N2O2.C2H6.CH3.Y/c1-6-12-24-19-17(7-2)21-22(13-14(3)4)20(23)18(19)16-11-9-8-10-15(16)5;1-2;;/h1,8-11,14H,7,12-13H2,2-5H3;1-2H3;1H3;/q;;-1;. The fourth-order valence-electron chi connectivity index (χ4n) is 2.67. The van der Waals surface area contributed by atoms with Gasteiger partial charge in [-0.25, -0.2) is 4.68 Å². The molecule has 2 aromatic rings. The van der Waals surface area contributed by atoms with Crippen molar-refractivity contribution in [2.45, 2.75) is 54.5 Å². The topological polar surface area (TPSA) is 44.1 Å². The molecule has 151 valence electrons. The summed E-state index contributed by atoms with van der Waals surface area (Å²) in [5.74, 6) is 3.30. The van der Waals surface area contributed by atoms with Crippen molar-refractivity contribution in [3.05, 3.63) is 53.3 Å². The summed E-state index contributed by atoms with van der Waals surface area (Å²) in [6.07, 6.45) is 6.01. The maximum absolute atomic E-state index is 13.1. The molecule has 2 rings (SSSR count). The predicted molar refractivity (Wildman–Crippen MR) is 115 cm³/mol. The molecule has 1 heterocycles. The van der Waals surface area contributed by atoms with Crippen LogP contribution in [-0.2, 0) is 45.7 Å². The van der Waals surface area contributed by atoms with Gasteiger partial charge >= 0.3 is 0 Å². The second-order valence-corrected chi connectivity index (χ2v) is 6.19. The Balaban J connectivity index is 0. The normalized spacial score (nSPS) is 9.36. The van der Waals surface area contributed by atoms with E-state index in [4.69, 9.17) is 11.2 Å². The third-order valence-corrected chi connectivity index (χ3v) is 3.77. The van der Waals surface area contributed by atoms with Crippen LogP contribution in [0.4, 0.5) is 0 Å². The van der Waals surface area contributed by atoms with Crippen molar-refractivity contribution < 1.29 is 37.4 Å². The third kappa shape index (κ3) is 7.19. The van der Waals surface area contributed by atoms with Crippen molar-refractivity contribution in [3.8, 4) is 29.2 Å². The van der Waals surface area contributed by atoms with E-state index in [0.29, 0.717) is 30.2 Å². The first-order valence-electron chi connectivity index (χ1n) is 9.25. The van der Waals surface area contributed by atoms with Crippen LogP contribution in [0.3, 0.4) is 0 Å². The molecule has 0 aliphatic carbocycles. The number of hydrogen-bond acceptors (Lipinski definition) is 3. The second-order valence-electron chi connectivity index (χ2n) is 6.19. The molecule has 0 spiro atoms. The SMILES string of the molecule is C#CCOc1c(CC)nn(CC(C)C)c(=O)c1-c1ccccc1C.CC.[CH3-].[Y]. The quantitative estimate of drug-likeness (QED) is 0.456. The van der Waals surface area contributed by atoms with E-state index in [-0.39, 0.29) is 52.3 Å². The van der Waals surface area contributed by atoms with Gasteiger partial charge in [0.15, 0.2) is 5.75 Å². The average Bonchev–Trinajstić information content (AvgIpc) is 2.64. The molecule has 0 unspecified atom stereocenters. The summed E-state index contributed by atoms with van der Waals surface area (Å²) >= 11 is 0. The van der Waals surface area contributed by atoms with Crippen LogP contribution in [0, 0.1) is 32.6 Å². The molecule has 0 saturated carbocycles. The Morgan fingerprint density at radius 3 is 2.36 bits per heavy atom. The van der Waals surface area contributed by atoms with Crippen LogP contribution in [0.25, 0.3) is 11.1 Å². The molecule has 1 aromatic heterocycles. The summed E-state index contributed by atoms with van der Waals surface area (Å²) in [6, 6.07) is 7.80. The Hall–Kier alpha value is -1.44. The van der Waals surface area contributed by atoms with Crippen LogP contribution in [0.5, 0.6) is 5.75 Å². The maximum Gasteiger partial charge on any atom is 0.278 e. The largest absolute Gasteiger partial charge is 0.478 e. The van der Waals surface area contributed by atoms with Crippen molar-refractivity contribution in [2.24, 2.45) is 5.92 Å². The molecule has 1 radical (unpaired) electrons. The van der Waals surface area contributed by atoms with E-state index in [1.54, 1.807) is 4.68 Å².